The first kappa shape index (κ1) is 14.5. The van der Waals surface area contributed by atoms with Crippen LogP contribution in [0, 0.1) is 0 Å². The average molecular weight is 270 g/mol. The molecule has 9 nitrogen and oxygen atoms in total. The molecule has 0 spiro atoms. The van der Waals surface area contributed by atoms with Gasteiger partial charge in [0.2, 0.25) is 0 Å². The molecule has 12 heteroatoms. The van der Waals surface area contributed by atoms with Crippen LogP contribution in [0.25, 0.3) is 0 Å². The number of phosphoric acid groups is 2. The van der Waals surface area contributed by atoms with E-state index in [1.54, 1.807) is 0 Å². The second-order valence-corrected chi connectivity index (χ2v) is 7.19. The van der Waals surface area contributed by atoms with E-state index in [0.717, 1.165) is 6.92 Å². The van der Waals surface area contributed by atoms with Crippen LogP contribution >= 0.6 is 23.2 Å². The Bertz CT molecular complexity index is 293. The van der Waals surface area contributed by atoms with Gasteiger partial charge in [-0.05, 0) is 0 Å². The Hall–Kier alpha value is 0.450. The Morgan fingerprint density at radius 2 is 1.21 bits per heavy atom. The molecule has 0 aliphatic heterocycles. The van der Waals surface area contributed by atoms with Crippen molar-refractivity contribution in [1.29, 1.82) is 0 Å². The first-order valence-electron chi connectivity index (χ1n) is 3.10. The van der Waals surface area contributed by atoms with Crippen LogP contribution in [0.2, 0.25) is 0 Å². The van der Waals surface area contributed by atoms with Crippen molar-refractivity contribution in [3.05, 3.63) is 0 Å². The molecule has 0 amide bonds. The first-order valence-corrected chi connectivity index (χ1v) is 7.89. The number of hydrogen-bond acceptors (Lipinski definition) is 5. The lowest BCUT2D eigenvalue weighted by Gasteiger charge is -2.16. The topological polar surface area (TPSA) is 151 Å². The number of hydrogen-bond donors (Lipinski definition) is 4. The molecule has 0 aromatic carbocycles. The minimum Gasteiger partial charge on any atom is -0.302 e. The molecule has 0 unspecified atom stereocenters. The molecule has 0 aromatic heterocycles. The monoisotopic (exact) mass is 270 g/mol. The molecule has 0 aliphatic rings. The van der Waals surface area contributed by atoms with Crippen molar-refractivity contribution in [2.24, 2.45) is 0 Å². The first-order chi connectivity index (χ1) is 5.97. The molecule has 0 radical (unpaired) electrons. The molecule has 0 fully saturated rings. The number of rotatable bonds is 5. The van der Waals surface area contributed by atoms with Crippen LogP contribution in [0.15, 0.2) is 0 Å². The van der Waals surface area contributed by atoms with E-state index in [1.807, 2.05) is 0 Å². The van der Waals surface area contributed by atoms with Gasteiger partial charge in [0.05, 0.1) is 0 Å². The zero-order valence-corrected chi connectivity index (χ0v) is 9.56. The largest absolute Gasteiger partial charge is 0.476 e. The summed E-state index contributed by atoms with van der Waals surface area (Å²) < 4.78 is 39.0. The second-order valence-electron chi connectivity index (χ2n) is 2.07. The normalized spacial score (nSPS) is 14.4. The van der Waals surface area contributed by atoms with Crippen LogP contribution in [0.5, 0.6) is 0 Å². The van der Waals surface area contributed by atoms with Crippen LogP contribution < -0.4 is 0 Å². The minimum atomic E-state index is -5.12. The van der Waals surface area contributed by atoms with Crippen molar-refractivity contribution < 1.29 is 41.9 Å². The van der Waals surface area contributed by atoms with Gasteiger partial charge >= 0.3 is 23.2 Å². The van der Waals surface area contributed by atoms with Gasteiger partial charge in [0.25, 0.3) is 0 Å². The summed E-state index contributed by atoms with van der Waals surface area (Å²) in [5.74, 6) is 0. The van der Waals surface area contributed by atoms with E-state index < -0.39 is 29.4 Å². The van der Waals surface area contributed by atoms with Gasteiger partial charge < -0.3 is 19.6 Å². The van der Waals surface area contributed by atoms with E-state index in [-0.39, 0.29) is 0 Å². The summed E-state index contributed by atoms with van der Waals surface area (Å²) in [6.45, 7) is 1.13. The highest BCUT2D eigenvalue weighted by molar-refractivity contribution is 7.69. The fourth-order valence-electron chi connectivity index (χ4n) is 0.454. The summed E-state index contributed by atoms with van der Waals surface area (Å²) in [4.78, 5) is 33.1. The summed E-state index contributed by atoms with van der Waals surface area (Å²) in [6.07, 6.45) is -0.580. The molecule has 0 saturated carbocycles. The van der Waals surface area contributed by atoms with Gasteiger partial charge in [0.1, 0.15) is 0 Å². The molecule has 4 N–H and O–H groups in total. The molecule has 0 aliphatic carbocycles. The third-order valence-electron chi connectivity index (χ3n) is 0.849. The van der Waals surface area contributed by atoms with E-state index in [1.165, 1.54) is 0 Å². The van der Waals surface area contributed by atoms with Gasteiger partial charge in [0, 0.05) is 6.16 Å². The Labute approximate surface area is 79.1 Å². The van der Waals surface area contributed by atoms with Crippen LogP contribution in [0.4, 0.5) is 0 Å². The summed E-state index contributed by atoms with van der Waals surface area (Å²) >= 11 is 0. The van der Waals surface area contributed by atoms with Crippen LogP contribution in [0.3, 0.4) is 0 Å². The van der Waals surface area contributed by atoms with E-state index >= 15 is 0 Å². The van der Waals surface area contributed by atoms with Gasteiger partial charge in [-0.25, -0.2) is 17.8 Å². The van der Waals surface area contributed by atoms with Crippen LogP contribution in [0.1, 0.15) is 6.92 Å². The molecule has 0 bridgehead atoms. The predicted molar refractivity (Wildman–Crippen MR) is 44.4 cm³/mol. The summed E-state index contributed by atoms with van der Waals surface area (Å²) in [5.41, 5.74) is 0. The van der Waals surface area contributed by atoms with Crippen molar-refractivity contribution >= 4 is 23.2 Å². The molecule has 0 aromatic rings. The molecule has 0 rings (SSSR count). The van der Waals surface area contributed by atoms with Gasteiger partial charge in [-0.1, -0.05) is 6.92 Å². The minimum absolute atomic E-state index is 0.580. The smallest absolute Gasteiger partial charge is 0.302 e. The maximum atomic E-state index is 11.2. The third-order valence-corrected chi connectivity index (χ3v) is 5.32. The highest BCUT2D eigenvalue weighted by atomic mass is 31.3. The maximum absolute atomic E-state index is 11.2. The predicted octanol–water partition coefficient (Wildman–Crippen LogP) is 0.418. The zero-order chi connectivity index (χ0) is 11.6. The molecule has 0 saturated heterocycles. The van der Waals surface area contributed by atoms with Crippen molar-refractivity contribution in [3.63, 3.8) is 0 Å². The van der Waals surface area contributed by atoms with E-state index in [9.17, 15) is 13.7 Å². The quantitative estimate of drug-likeness (QED) is 0.520. The highest BCUT2D eigenvalue weighted by Crippen LogP contribution is 2.66. The summed E-state index contributed by atoms with van der Waals surface area (Å²) in [5, 5.41) is 0. The fraction of sp³-hybridized carbons (Fsp3) is 1.00. The second kappa shape index (κ2) is 4.53. The average Bonchev–Trinajstić information content (AvgIpc) is 1.78. The Balaban J connectivity index is 4.76. The van der Waals surface area contributed by atoms with Crippen molar-refractivity contribution in [3.8, 4) is 0 Å². The van der Waals surface area contributed by atoms with Crippen molar-refractivity contribution in [2.45, 2.75) is 6.92 Å². The van der Waals surface area contributed by atoms with Crippen LogP contribution in [-0.2, 0) is 22.3 Å². The van der Waals surface area contributed by atoms with Gasteiger partial charge in [-0.3, -0.25) is 4.57 Å². The van der Waals surface area contributed by atoms with Gasteiger partial charge in [0.15, 0.2) is 0 Å². The van der Waals surface area contributed by atoms with Gasteiger partial charge in [-0.2, -0.15) is 0 Å². The van der Waals surface area contributed by atoms with Crippen LogP contribution in [-0.4, -0.2) is 25.7 Å². The molecule has 86 valence electrons. The lowest BCUT2D eigenvalue weighted by atomic mass is 11.0. The Morgan fingerprint density at radius 1 is 0.929 bits per heavy atom. The molecular formula is C2H9O9P3. The van der Waals surface area contributed by atoms with E-state index in [0.29, 0.717) is 0 Å². The molecular weight excluding hydrogens is 261 g/mol. The van der Waals surface area contributed by atoms with Crippen molar-refractivity contribution in [2.75, 3.05) is 6.16 Å². The Morgan fingerprint density at radius 3 is 1.36 bits per heavy atom. The molecule has 14 heavy (non-hydrogen) atoms. The lowest BCUT2D eigenvalue weighted by molar-refractivity contribution is 0.240. The van der Waals surface area contributed by atoms with Crippen molar-refractivity contribution in [1.82, 2.24) is 0 Å². The standard InChI is InChI=1S/C2H9O9P3/c1-2-12(3,10-13(4,5)6)11-14(7,8)9/h2H2,1H3,(H2,4,5,6)(H2,7,8,9). The lowest BCUT2D eigenvalue weighted by Crippen LogP contribution is -1.95. The fourth-order valence-corrected chi connectivity index (χ4v) is 4.36. The third kappa shape index (κ3) is 6.84. The summed E-state index contributed by atoms with van der Waals surface area (Å²) in [7, 11) is -14.7. The van der Waals surface area contributed by atoms with E-state index in [4.69, 9.17) is 19.6 Å². The maximum Gasteiger partial charge on any atom is 0.476 e. The molecule has 0 atom stereocenters. The highest BCUT2D eigenvalue weighted by Gasteiger charge is 2.38. The van der Waals surface area contributed by atoms with Gasteiger partial charge in [-0.15, -0.1) is 0 Å². The molecule has 0 heterocycles. The Kier molecular flexibility index (Phi) is 4.68. The summed E-state index contributed by atoms with van der Waals surface area (Å²) in [6, 6.07) is 0. The SMILES string of the molecule is CCP(=O)(OP(=O)(O)O)OP(=O)(O)O. The zero-order valence-electron chi connectivity index (χ0n) is 6.88. The van der Waals surface area contributed by atoms with E-state index in [2.05, 4.69) is 8.62 Å².